The largest absolute Gasteiger partial charge is 0.481 e. The lowest BCUT2D eigenvalue weighted by Crippen LogP contribution is -2.32. The van der Waals surface area contributed by atoms with Crippen LogP contribution in [-0.4, -0.2) is 41.7 Å². The molecular formula is C6H10O5S. The van der Waals surface area contributed by atoms with E-state index < -0.39 is 33.6 Å². The van der Waals surface area contributed by atoms with Crippen molar-refractivity contribution in [1.82, 2.24) is 0 Å². The van der Waals surface area contributed by atoms with Gasteiger partial charge in [-0.3, -0.25) is 4.79 Å². The number of carbonyl (C=O) groups is 1. The summed E-state index contributed by atoms with van der Waals surface area (Å²) < 4.78 is 21.7. The fraction of sp³-hybridized carbons (Fsp3) is 0.833. The van der Waals surface area contributed by atoms with Crippen molar-refractivity contribution in [3.05, 3.63) is 0 Å². The third kappa shape index (κ3) is 2.18. The lowest BCUT2D eigenvalue weighted by atomic mass is 10.00. The van der Waals surface area contributed by atoms with E-state index in [-0.39, 0.29) is 12.2 Å². The molecule has 1 aliphatic rings. The number of hydrogen-bond acceptors (Lipinski definition) is 4. The maximum atomic E-state index is 10.9. The highest BCUT2D eigenvalue weighted by molar-refractivity contribution is 7.91. The van der Waals surface area contributed by atoms with E-state index in [2.05, 4.69) is 0 Å². The molecule has 0 aromatic heterocycles. The third-order valence-electron chi connectivity index (χ3n) is 1.85. The molecule has 0 saturated carbocycles. The van der Waals surface area contributed by atoms with E-state index in [1.807, 2.05) is 0 Å². The van der Waals surface area contributed by atoms with Crippen LogP contribution < -0.4 is 0 Å². The van der Waals surface area contributed by atoms with Crippen LogP contribution in [0.5, 0.6) is 0 Å². The summed E-state index contributed by atoms with van der Waals surface area (Å²) in [6.07, 6.45) is -0.464. The highest BCUT2D eigenvalue weighted by Crippen LogP contribution is 2.26. The van der Waals surface area contributed by atoms with Crippen molar-refractivity contribution in [2.24, 2.45) is 0 Å². The number of carboxylic acids is 1. The molecule has 6 heteroatoms. The Morgan fingerprint density at radius 1 is 1.50 bits per heavy atom. The zero-order valence-electron chi connectivity index (χ0n) is 6.36. The summed E-state index contributed by atoms with van der Waals surface area (Å²) in [6, 6.07) is 0. The third-order valence-corrected chi connectivity index (χ3v) is 3.65. The minimum absolute atomic E-state index is 0.0294. The molecule has 0 aromatic carbocycles. The second kappa shape index (κ2) is 2.70. The molecule has 12 heavy (non-hydrogen) atoms. The van der Waals surface area contributed by atoms with E-state index in [1.54, 1.807) is 0 Å². The van der Waals surface area contributed by atoms with Gasteiger partial charge in [0.05, 0.1) is 23.5 Å². The first-order valence-electron chi connectivity index (χ1n) is 3.48. The van der Waals surface area contributed by atoms with Gasteiger partial charge in [-0.2, -0.15) is 0 Å². The van der Waals surface area contributed by atoms with Gasteiger partial charge in [-0.1, -0.05) is 0 Å². The molecule has 0 aliphatic carbocycles. The Morgan fingerprint density at radius 3 is 2.42 bits per heavy atom. The minimum Gasteiger partial charge on any atom is -0.481 e. The Morgan fingerprint density at radius 2 is 2.08 bits per heavy atom. The smallest absolute Gasteiger partial charge is 0.306 e. The van der Waals surface area contributed by atoms with Crippen LogP contribution in [0.25, 0.3) is 0 Å². The second-order valence-electron chi connectivity index (χ2n) is 3.14. The van der Waals surface area contributed by atoms with Gasteiger partial charge < -0.3 is 10.2 Å². The van der Waals surface area contributed by atoms with Crippen molar-refractivity contribution in [1.29, 1.82) is 0 Å². The van der Waals surface area contributed by atoms with Gasteiger partial charge in [0.15, 0.2) is 9.84 Å². The molecule has 0 spiro atoms. The molecule has 0 aromatic rings. The van der Waals surface area contributed by atoms with Gasteiger partial charge in [0.2, 0.25) is 0 Å². The lowest BCUT2D eigenvalue weighted by Gasteiger charge is -2.16. The van der Waals surface area contributed by atoms with Crippen LogP contribution >= 0.6 is 0 Å². The first kappa shape index (κ1) is 9.47. The summed E-state index contributed by atoms with van der Waals surface area (Å²) in [5, 5.41) is 17.8. The molecule has 0 radical (unpaired) electrons. The topological polar surface area (TPSA) is 91.7 Å². The standard InChI is InChI=1S/C6H10O5S/c7-5(8)3-6(9)1-2-12(10,11)4-6/h9H,1-4H2,(H,7,8). The molecule has 70 valence electrons. The van der Waals surface area contributed by atoms with Crippen LogP contribution in [0.3, 0.4) is 0 Å². The fourth-order valence-corrected chi connectivity index (χ4v) is 3.22. The summed E-state index contributed by atoms with van der Waals surface area (Å²) >= 11 is 0. The fourth-order valence-electron chi connectivity index (χ4n) is 1.32. The molecule has 1 fully saturated rings. The summed E-state index contributed by atoms with van der Waals surface area (Å²) in [4.78, 5) is 10.2. The van der Waals surface area contributed by atoms with E-state index in [0.29, 0.717) is 0 Å². The number of aliphatic hydroxyl groups is 1. The van der Waals surface area contributed by atoms with Crippen molar-refractivity contribution in [3.8, 4) is 0 Å². The lowest BCUT2D eigenvalue weighted by molar-refractivity contribution is -0.141. The monoisotopic (exact) mass is 194 g/mol. The molecule has 1 rings (SSSR count). The Balaban J connectivity index is 2.71. The molecule has 1 saturated heterocycles. The van der Waals surface area contributed by atoms with Crippen molar-refractivity contribution >= 4 is 15.8 Å². The van der Waals surface area contributed by atoms with Crippen LogP contribution in [-0.2, 0) is 14.6 Å². The molecule has 1 aliphatic heterocycles. The van der Waals surface area contributed by atoms with Gasteiger partial charge in [-0.15, -0.1) is 0 Å². The van der Waals surface area contributed by atoms with E-state index in [9.17, 15) is 18.3 Å². The van der Waals surface area contributed by atoms with E-state index in [1.165, 1.54) is 0 Å². The summed E-state index contributed by atoms with van der Waals surface area (Å²) in [5.74, 6) is -1.71. The molecular weight excluding hydrogens is 184 g/mol. The van der Waals surface area contributed by atoms with Crippen molar-refractivity contribution in [2.45, 2.75) is 18.4 Å². The van der Waals surface area contributed by atoms with Gasteiger partial charge in [-0.05, 0) is 6.42 Å². The summed E-state index contributed by atoms with van der Waals surface area (Å²) in [6.45, 7) is 0. The number of sulfone groups is 1. The maximum Gasteiger partial charge on any atom is 0.306 e. The molecule has 0 amide bonds. The first-order valence-corrected chi connectivity index (χ1v) is 5.30. The van der Waals surface area contributed by atoms with Gasteiger partial charge >= 0.3 is 5.97 Å². The van der Waals surface area contributed by atoms with Gasteiger partial charge in [-0.25, -0.2) is 8.42 Å². The number of rotatable bonds is 2. The Kier molecular flexibility index (Phi) is 2.13. The summed E-state index contributed by atoms with van der Waals surface area (Å²) in [5.41, 5.74) is -1.54. The number of aliphatic carboxylic acids is 1. The maximum absolute atomic E-state index is 10.9. The molecule has 0 bridgehead atoms. The highest BCUT2D eigenvalue weighted by Gasteiger charge is 2.41. The SMILES string of the molecule is O=C(O)CC1(O)CCS(=O)(=O)C1. The first-order chi connectivity index (χ1) is 5.33. The average Bonchev–Trinajstić information content (AvgIpc) is 2.03. The molecule has 2 N–H and O–H groups in total. The molecule has 5 nitrogen and oxygen atoms in total. The molecule has 1 unspecified atom stereocenters. The normalized spacial score (nSPS) is 33.4. The van der Waals surface area contributed by atoms with Crippen LogP contribution in [0.4, 0.5) is 0 Å². The second-order valence-corrected chi connectivity index (χ2v) is 5.32. The van der Waals surface area contributed by atoms with E-state index >= 15 is 0 Å². The quantitative estimate of drug-likeness (QED) is 0.589. The average molecular weight is 194 g/mol. The highest BCUT2D eigenvalue weighted by atomic mass is 32.2. The van der Waals surface area contributed by atoms with Gasteiger partial charge in [0.25, 0.3) is 0 Å². The number of carboxylic acid groups (broad SMARTS) is 1. The Labute approximate surface area is 69.9 Å². The predicted octanol–water partition coefficient (Wildman–Crippen LogP) is -0.989. The molecule has 1 atom stereocenters. The zero-order chi connectivity index (χ0) is 9.41. The van der Waals surface area contributed by atoms with Crippen LogP contribution in [0.1, 0.15) is 12.8 Å². The number of hydrogen-bond donors (Lipinski definition) is 2. The van der Waals surface area contributed by atoms with Gasteiger partial charge in [0, 0.05) is 0 Å². The van der Waals surface area contributed by atoms with Crippen LogP contribution in [0.15, 0.2) is 0 Å². The van der Waals surface area contributed by atoms with Crippen molar-refractivity contribution in [2.75, 3.05) is 11.5 Å². The van der Waals surface area contributed by atoms with Crippen LogP contribution in [0.2, 0.25) is 0 Å². The zero-order valence-corrected chi connectivity index (χ0v) is 7.17. The Bertz CT molecular complexity index is 293. The molecule has 1 heterocycles. The Hall–Kier alpha value is -0.620. The van der Waals surface area contributed by atoms with Crippen molar-refractivity contribution < 1.29 is 23.4 Å². The van der Waals surface area contributed by atoms with Gasteiger partial charge in [0.1, 0.15) is 0 Å². The van der Waals surface area contributed by atoms with Crippen LogP contribution in [0, 0.1) is 0 Å². The predicted molar refractivity (Wildman–Crippen MR) is 40.5 cm³/mol. The van der Waals surface area contributed by atoms with E-state index in [0.717, 1.165) is 0 Å². The van der Waals surface area contributed by atoms with E-state index in [4.69, 9.17) is 5.11 Å². The van der Waals surface area contributed by atoms with Crippen molar-refractivity contribution in [3.63, 3.8) is 0 Å². The minimum atomic E-state index is -3.21. The summed E-state index contributed by atoms with van der Waals surface area (Å²) in [7, 11) is -3.21.